The molecule has 94 valence electrons. The van der Waals surface area contributed by atoms with Gasteiger partial charge < -0.3 is 10.0 Å². The normalized spacial score (nSPS) is 12.2. The molecule has 3 heteroatoms. The highest BCUT2D eigenvalue weighted by Crippen LogP contribution is 2.11. The maximum Gasteiger partial charge on any atom is 0.251 e. The minimum Gasteiger partial charge on any atom is -0.391 e. The molecule has 1 atom stereocenters. The van der Waals surface area contributed by atoms with Crippen LogP contribution in [0.25, 0.3) is 0 Å². The second-order valence-electron chi connectivity index (χ2n) is 4.50. The molecule has 1 amide bonds. The Morgan fingerprint density at radius 1 is 1.44 bits per heavy atom. The first-order valence-corrected chi connectivity index (χ1v) is 6.07. The molecule has 0 aromatic rings. The lowest BCUT2D eigenvalue weighted by Crippen LogP contribution is -2.29. The smallest absolute Gasteiger partial charge is 0.251 e. The molecular formula is C13H25NO2. The third-order valence-corrected chi connectivity index (χ3v) is 2.98. The second-order valence-corrected chi connectivity index (χ2v) is 4.50. The first kappa shape index (κ1) is 15.2. The first-order chi connectivity index (χ1) is 7.52. The number of likely N-dealkylation sites (N-methyl/N-ethyl adjacent to an activating group) is 1. The summed E-state index contributed by atoms with van der Waals surface area (Å²) in [4.78, 5) is 13.2. The summed E-state index contributed by atoms with van der Waals surface area (Å²) in [5, 5.41) is 8.78. The fourth-order valence-electron chi connectivity index (χ4n) is 1.48. The number of amides is 1. The fraction of sp³-hybridized carbons (Fsp3) is 0.769. The van der Waals surface area contributed by atoms with E-state index >= 15 is 0 Å². The van der Waals surface area contributed by atoms with Gasteiger partial charge in [-0.3, -0.25) is 4.79 Å². The summed E-state index contributed by atoms with van der Waals surface area (Å²) in [5.74, 6) is 0.624. The molecule has 0 bridgehead atoms. The zero-order valence-corrected chi connectivity index (χ0v) is 10.8. The van der Waals surface area contributed by atoms with Crippen LogP contribution in [0.1, 0.15) is 39.5 Å². The average Bonchev–Trinajstić information content (AvgIpc) is 2.31. The highest BCUT2D eigenvalue weighted by molar-refractivity contribution is 5.92. The van der Waals surface area contributed by atoms with Gasteiger partial charge in [-0.05, 0) is 12.3 Å². The number of carbonyl (C=O) groups is 1. The standard InChI is InChI=1S/C13H25NO2/c1-5-11(2)8-6-7-9-14(4)13(16)12(3)10-15/h11,15H,3,5-10H2,1-2,4H3. The summed E-state index contributed by atoms with van der Waals surface area (Å²) in [6.07, 6.45) is 4.61. The van der Waals surface area contributed by atoms with Crippen molar-refractivity contribution in [1.82, 2.24) is 4.90 Å². The summed E-state index contributed by atoms with van der Waals surface area (Å²) in [5.41, 5.74) is 0.268. The Hall–Kier alpha value is -0.830. The van der Waals surface area contributed by atoms with Gasteiger partial charge in [0.05, 0.1) is 6.61 Å². The van der Waals surface area contributed by atoms with E-state index in [1.807, 2.05) is 0 Å². The monoisotopic (exact) mass is 227 g/mol. The zero-order valence-electron chi connectivity index (χ0n) is 10.8. The highest BCUT2D eigenvalue weighted by Gasteiger charge is 2.11. The Morgan fingerprint density at radius 3 is 2.56 bits per heavy atom. The Bertz CT molecular complexity index is 226. The maximum atomic E-state index is 11.5. The lowest BCUT2D eigenvalue weighted by molar-refractivity contribution is -0.126. The van der Waals surface area contributed by atoms with Crippen molar-refractivity contribution in [3.8, 4) is 0 Å². The number of rotatable bonds is 8. The Balaban J connectivity index is 3.69. The maximum absolute atomic E-state index is 11.5. The second kappa shape index (κ2) is 8.34. The molecule has 16 heavy (non-hydrogen) atoms. The van der Waals surface area contributed by atoms with Crippen LogP contribution in [0.5, 0.6) is 0 Å². The van der Waals surface area contributed by atoms with E-state index in [1.165, 1.54) is 12.8 Å². The topological polar surface area (TPSA) is 40.5 Å². The van der Waals surface area contributed by atoms with Gasteiger partial charge in [-0.2, -0.15) is 0 Å². The summed E-state index contributed by atoms with van der Waals surface area (Å²) in [6, 6.07) is 0. The Morgan fingerprint density at radius 2 is 2.06 bits per heavy atom. The molecule has 0 spiro atoms. The van der Waals surface area contributed by atoms with Gasteiger partial charge in [0.2, 0.25) is 0 Å². The van der Waals surface area contributed by atoms with Gasteiger partial charge in [-0.1, -0.05) is 39.7 Å². The fourth-order valence-corrected chi connectivity index (χ4v) is 1.48. The predicted molar refractivity (Wildman–Crippen MR) is 67.2 cm³/mol. The van der Waals surface area contributed by atoms with Crippen LogP contribution >= 0.6 is 0 Å². The van der Waals surface area contributed by atoms with Crippen LogP contribution in [0.2, 0.25) is 0 Å². The minimum atomic E-state index is -0.254. The van der Waals surface area contributed by atoms with Gasteiger partial charge in [-0.15, -0.1) is 0 Å². The van der Waals surface area contributed by atoms with Crippen molar-refractivity contribution in [3.63, 3.8) is 0 Å². The Labute approximate surface area is 99.1 Å². The Kier molecular flexibility index (Phi) is 7.90. The molecule has 0 saturated carbocycles. The van der Waals surface area contributed by atoms with Crippen molar-refractivity contribution in [3.05, 3.63) is 12.2 Å². The molecule has 1 N–H and O–H groups in total. The van der Waals surface area contributed by atoms with Gasteiger partial charge in [0.1, 0.15) is 0 Å². The van der Waals surface area contributed by atoms with Gasteiger partial charge in [0.25, 0.3) is 5.91 Å². The highest BCUT2D eigenvalue weighted by atomic mass is 16.3. The minimum absolute atomic E-state index is 0.147. The molecule has 0 rings (SSSR count). The van der Waals surface area contributed by atoms with Crippen molar-refractivity contribution in [2.45, 2.75) is 39.5 Å². The SMILES string of the molecule is C=C(CO)C(=O)N(C)CCCCC(C)CC. The summed E-state index contributed by atoms with van der Waals surface area (Å²) in [7, 11) is 1.76. The molecule has 3 nitrogen and oxygen atoms in total. The molecule has 0 aliphatic carbocycles. The average molecular weight is 227 g/mol. The third kappa shape index (κ3) is 5.91. The summed E-state index contributed by atoms with van der Waals surface area (Å²) < 4.78 is 0. The largest absolute Gasteiger partial charge is 0.391 e. The van der Waals surface area contributed by atoms with Crippen LogP contribution in [-0.4, -0.2) is 36.1 Å². The molecule has 0 heterocycles. The number of aliphatic hydroxyl groups is 1. The lowest BCUT2D eigenvalue weighted by atomic mass is 10.0. The van der Waals surface area contributed by atoms with Crippen molar-refractivity contribution in [2.24, 2.45) is 5.92 Å². The van der Waals surface area contributed by atoms with Crippen LogP contribution in [0.15, 0.2) is 12.2 Å². The number of aliphatic hydroxyl groups excluding tert-OH is 1. The van der Waals surface area contributed by atoms with Crippen molar-refractivity contribution < 1.29 is 9.90 Å². The zero-order chi connectivity index (χ0) is 12.6. The van der Waals surface area contributed by atoms with E-state index in [9.17, 15) is 4.79 Å². The van der Waals surface area contributed by atoms with Gasteiger partial charge in [0.15, 0.2) is 0 Å². The number of hydrogen-bond donors (Lipinski definition) is 1. The van der Waals surface area contributed by atoms with Crippen molar-refractivity contribution in [1.29, 1.82) is 0 Å². The van der Waals surface area contributed by atoms with Crippen LogP contribution in [-0.2, 0) is 4.79 Å². The van der Waals surface area contributed by atoms with Gasteiger partial charge in [-0.25, -0.2) is 0 Å². The molecule has 0 aromatic carbocycles. The molecule has 0 aromatic heterocycles. The number of nitrogens with zero attached hydrogens (tertiary/aromatic N) is 1. The summed E-state index contributed by atoms with van der Waals surface area (Å²) >= 11 is 0. The van der Waals surface area contributed by atoms with E-state index in [0.29, 0.717) is 0 Å². The van der Waals surface area contributed by atoms with Crippen LogP contribution < -0.4 is 0 Å². The third-order valence-electron chi connectivity index (χ3n) is 2.98. The van der Waals surface area contributed by atoms with E-state index in [0.717, 1.165) is 25.3 Å². The van der Waals surface area contributed by atoms with E-state index in [2.05, 4.69) is 20.4 Å². The van der Waals surface area contributed by atoms with Gasteiger partial charge in [0, 0.05) is 19.2 Å². The van der Waals surface area contributed by atoms with Crippen molar-refractivity contribution in [2.75, 3.05) is 20.2 Å². The quantitative estimate of drug-likeness (QED) is 0.510. The number of carbonyl (C=O) groups excluding carboxylic acids is 1. The van der Waals surface area contributed by atoms with E-state index in [-0.39, 0.29) is 18.1 Å². The molecule has 1 unspecified atom stereocenters. The molecule has 0 radical (unpaired) electrons. The molecular weight excluding hydrogens is 202 g/mol. The molecule has 0 fully saturated rings. The van der Waals surface area contributed by atoms with E-state index in [1.54, 1.807) is 11.9 Å². The van der Waals surface area contributed by atoms with E-state index in [4.69, 9.17) is 5.11 Å². The molecule has 0 aliphatic rings. The number of unbranched alkanes of at least 4 members (excludes halogenated alkanes) is 1. The first-order valence-electron chi connectivity index (χ1n) is 6.07. The number of hydrogen-bond acceptors (Lipinski definition) is 2. The molecule has 0 aliphatic heterocycles. The summed E-state index contributed by atoms with van der Waals surface area (Å²) in [6.45, 7) is 8.47. The predicted octanol–water partition coefficient (Wildman–Crippen LogP) is 2.21. The molecule has 0 saturated heterocycles. The van der Waals surface area contributed by atoms with Crippen LogP contribution in [0, 0.1) is 5.92 Å². The van der Waals surface area contributed by atoms with E-state index < -0.39 is 0 Å². The lowest BCUT2D eigenvalue weighted by Gasteiger charge is -2.18. The van der Waals surface area contributed by atoms with Crippen LogP contribution in [0.4, 0.5) is 0 Å². The van der Waals surface area contributed by atoms with Crippen molar-refractivity contribution >= 4 is 5.91 Å². The van der Waals surface area contributed by atoms with Crippen LogP contribution in [0.3, 0.4) is 0 Å². The van der Waals surface area contributed by atoms with Gasteiger partial charge >= 0.3 is 0 Å².